The third-order valence-corrected chi connectivity index (χ3v) is 2.12. The van der Waals surface area contributed by atoms with E-state index in [0.717, 1.165) is 23.9 Å². The van der Waals surface area contributed by atoms with Crippen LogP contribution in [0.4, 0.5) is 8.78 Å². The van der Waals surface area contributed by atoms with Crippen molar-refractivity contribution < 1.29 is 13.6 Å². The second kappa shape index (κ2) is 3.67. The second-order valence-electron chi connectivity index (χ2n) is 2.13. The number of hydrogen-bond acceptors (Lipinski definition) is 2. The summed E-state index contributed by atoms with van der Waals surface area (Å²) in [4.78, 5) is 10.4. The number of carbonyl (C=O) groups is 1. The highest BCUT2D eigenvalue weighted by molar-refractivity contribution is 7.98. The fourth-order valence-corrected chi connectivity index (χ4v) is 1.35. The molecule has 0 aliphatic carbocycles. The lowest BCUT2D eigenvalue weighted by molar-refractivity contribution is 0.111. The lowest BCUT2D eigenvalue weighted by Gasteiger charge is -2.00. The average Bonchev–Trinajstić information content (AvgIpc) is 2.08. The van der Waals surface area contributed by atoms with Gasteiger partial charge in [0, 0.05) is 4.90 Å². The Morgan fingerprint density at radius 1 is 1.42 bits per heavy atom. The molecule has 0 N–H and O–H groups in total. The van der Waals surface area contributed by atoms with Gasteiger partial charge in [0.05, 0.1) is 5.56 Å². The molecule has 0 aliphatic heterocycles. The fourth-order valence-electron chi connectivity index (χ4n) is 0.819. The van der Waals surface area contributed by atoms with Crippen LogP contribution in [-0.4, -0.2) is 12.5 Å². The van der Waals surface area contributed by atoms with Crippen LogP contribution in [0.5, 0.6) is 0 Å². The Kier molecular flexibility index (Phi) is 2.81. The van der Waals surface area contributed by atoms with Crippen molar-refractivity contribution in [2.24, 2.45) is 0 Å². The molecule has 64 valence electrons. The van der Waals surface area contributed by atoms with Crippen LogP contribution in [0.25, 0.3) is 0 Å². The number of carbonyl (C=O) groups excluding carboxylic acids is 1. The lowest BCUT2D eigenvalue weighted by atomic mass is 10.2. The zero-order chi connectivity index (χ0) is 9.14. The van der Waals surface area contributed by atoms with E-state index in [9.17, 15) is 13.6 Å². The van der Waals surface area contributed by atoms with Crippen LogP contribution < -0.4 is 0 Å². The molecule has 0 fully saturated rings. The Morgan fingerprint density at radius 2 is 2.08 bits per heavy atom. The Balaban J connectivity index is 3.31. The number of aldehydes is 1. The molecule has 0 radical (unpaired) electrons. The first-order chi connectivity index (χ1) is 5.69. The molecule has 1 nitrogen and oxygen atoms in total. The summed E-state index contributed by atoms with van der Waals surface area (Å²) in [5.74, 6) is -1.25. The molecule has 0 unspecified atom stereocenters. The summed E-state index contributed by atoms with van der Waals surface area (Å²) in [6, 6.07) is 1.94. The Bertz CT molecular complexity index is 312. The normalized spacial score (nSPS) is 9.92. The monoisotopic (exact) mass is 188 g/mol. The van der Waals surface area contributed by atoms with Crippen molar-refractivity contribution in [1.29, 1.82) is 0 Å². The van der Waals surface area contributed by atoms with E-state index in [1.165, 1.54) is 0 Å². The molecule has 0 aromatic heterocycles. The van der Waals surface area contributed by atoms with Gasteiger partial charge in [-0.3, -0.25) is 4.79 Å². The third kappa shape index (κ3) is 1.64. The maximum absolute atomic E-state index is 13.0. The summed E-state index contributed by atoms with van der Waals surface area (Å²) in [6.07, 6.45) is 1.92. The minimum atomic E-state index is -0.654. The quantitative estimate of drug-likeness (QED) is 0.524. The van der Waals surface area contributed by atoms with Gasteiger partial charge in [-0.1, -0.05) is 0 Å². The predicted octanol–water partition coefficient (Wildman–Crippen LogP) is 2.50. The number of hydrogen-bond donors (Lipinski definition) is 0. The minimum Gasteiger partial charge on any atom is -0.298 e. The van der Waals surface area contributed by atoms with Gasteiger partial charge in [-0.2, -0.15) is 0 Å². The topological polar surface area (TPSA) is 17.1 Å². The molecule has 0 spiro atoms. The van der Waals surface area contributed by atoms with E-state index in [2.05, 4.69) is 0 Å². The summed E-state index contributed by atoms with van der Waals surface area (Å²) >= 11 is 1.07. The summed E-state index contributed by atoms with van der Waals surface area (Å²) < 4.78 is 25.7. The van der Waals surface area contributed by atoms with Gasteiger partial charge in [0.15, 0.2) is 6.29 Å². The van der Waals surface area contributed by atoms with Crippen LogP contribution in [0.15, 0.2) is 17.0 Å². The maximum Gasteiger partial charge on any atom is 0.153 e. The van der Waals surface area contributed by atoms with E-state index in [1.807, 2.05) is 0 Å². The summed E-state index contributed by atoms with van der Waals surface area (Å²) in [5, 5.41) is 0. The van der Waals surface area contributed by atoms with Crippen molar-refractivity contribution >= 4 is 18.0 Å². The van der Waals surface area contributed by atoms with Crippen LogP contribution in [-0.2, 0) is 0 Å². The van der Waals surface area contributed by atoms with Crippen molar-refractivity contribution in [1.82, 2.24) is 0 Å². The van der Waals surface area contributed by atoms with Crippen molar-refractivity contribution in [2.75, 3.05) is 6.26 Å². The second-order valence-corrected chi connectivity index (χ2v) is 2.98. The van der Waals surface area contributed by atoms with Crippen LogP contribution >= 0.6 is 11.8 Å². The third-order valence-electron chi connectivity index (χ3n) is 1.38. The van der Waals surface area contributed by atoms with E-state index in [-0.39, 0.29) is 10.5 Å². The highest BCUT2D eigenvalue weighted by atomic mass is 32.2. The molecule has 4 heteroatoms. The van der Waals surface area contributed by atoms with Crippen molar-refractivity contribution in [3.63, 3.8) is 0 Å². The molecule has 12 heavy (non-hydrogen) atoms. The van der Waals surface area contributed by atoms with Crippen LogP contribution in [0.2, 0.25) is 0 Å². The number of rotatable bonds is 2. The van der Waals surface area contributed by atoms with E-state index >= 15 is 0 Å². The molecule has 0 amide bonds. The van der Waals surface area contributed by atoms with E-state index in [1.54, 1.807) is 6.26 Å². The predicted molar refractivity (Wildman–Crippen MR) is 43.5 cm³/mol. The van der Waals surface area contributed by atoms with Crippen molar-refractivity contribution in [2.45, 2.75) is 4.90 Å². The van der Waals surface area contributed by atoms with Gasteiger partial charge in [0.25, 0.3) is 0 Å². The average molecular weight is 188 g/mol. The largest absolute Gasteiger partial charge is 0.298 e. The minimum absolute atomic E-state index is 0.150. The van der Waals surface area contributed by atoms with Gasteiger partial charge in [-0.25, -0.2) is 8.78 Å². The molecular formula is C8H6F2OS. The van der Waals surface area contributed by atoms with Crippen molar-refractivity contribution in [3.05, 3.63) is 29.3 Å². The van der Waals surface area contributed by atoms with Gasteiger partial charge in [-0.15, -0.1) is 11.8 Å². The zero-order valence-corrected chi connectivity index (χ0v) is 7.12. The standard InChI is InChI=1S/C8H6F2OS/c1-12-7-3-6(9)2-5(4-11)8(7)10/h2-4H,1H3. The van der Waals surface area contributed by atoms with Crippen LogP contribution in [0, 0.1) is 11.6 Å². The highest BCUT2D eigenvalue weighted by Crippen LogP contribution is 2.22. The Morgan fingerprint density at radius 3 is 2.58 bits per heavy atom. The molecular weight excluding hydrogens is 182 g/mol. The first-order valence-electron chi connectivity index (χ1n) is 3.17. The van der Waals surface area contributed by atoms with Gasteiger partial charge in [0.2, 0.25) is 0 Å². The molecule has 1 rings (SSSR count). The van der Waals surface area contributed by atoms with Gasteiger partial charge >= 0.3 is 0 Å². The van der Waals surface area contributed by atoms with E-state index in [0.29, 0.717) is 6.29 Å². The fraction of sp³-hybridized carbons (Fsp3) is 0.125. The molecule has 1 aromatic carbocycles. The Hall–Kier alpha value is -0.900. The highest BCUT2D eigenvalue weighted by Gasteiger charge is 2.08. The van der Waals surface area contributed by atoms with Gasteiger partial charge < -0.3 is 0 Å². The number of thioether (sulfide) groups is 1. The number of halogens is 2. The van der Waals surface area contributed by atoms with Crippen LogP contribution in [0.3, 0.4) is 0 Å². The van der Waals surface area contributed by atoms with E-state index in [4.69, 9.17) is 0 Å². The van der Waals surface area contributed by atoms with E-state index < -0.39 is 11.6 Å². The molecule has 0 saturated carbocycles. The first kappa shape index (κ1) is 9.19. The number of benzene rings is 1. The summed E-state index contributed by atoms with van der Waals surface area (Å²) in [7, 11) is 0. The molecule has 0 heterocycles. The van der Waals surface area contributed by atoms with Gasteiger partial charge in [0.1, 0.15) is 11.6 Å². The molecule has 0 bridgehead atoms. The lowest BCUT2D eigenvalue weighted by Crippen LogP contribution is -1.92. The van der Waals surface area contributed by atoms with Gasteiger partial charge in [-0.05, 0) is 18.4 Å². The molecule has 1 aromatic rings. The smallest absolute Gasteiger partial charge is 0.153 e. The van der Waals surface area contributed by atoms with Crippen LogP contribution in [0.1, 0.15) is 10.4 Å². The SMILES string of the molecule is CSc1cc(F)cc(C=O)c1F. The maximum atomic E-state index is 13.0. The first-order valence-corrected chi connectivity index (χ1v) is 4.39. The molecule has 0 saturated heterocycles. The molecule has 0 aliphatic rings. The summed E-state index contributed by atoms with van der Waals surface area (Å²) in [5.41, 5.74) is -0.237. The zero-order valence-electron chi connectivity index (χ0n) is 6.30. The summed E-state index contributed by atoms with van der Waals surface area (Å²) in [6.45, 7) is 0. The molecule has 0 atom stereocenters. The van der Waals surface area contributed by atoms with Crippen molar-refractivity contribution in [3.8, 4) is 0 Å². The Labute approximate surface area is 72.8 Å².